The van der Waals surface area contributed by atoms with E-state index in [2.05, 4.69) is 26.1 Å². The number of carbonyl (C=O) groups is 2. The molecule has 3 rings (SSSR count). The average molecular weight is 483 g/mol. The molecular weight excluding hydrogens is 443 g/mol. The van der Waals surface area contributed by atoms with E-state index in [4.69, 9.17) is 4.74 Å². The van der Waals surface area contributed by atoms with Gasteiger partial charge in [0.05, 0.1) is 0 Å². The van der Waals surface area contributed by atoms with Crippen LogP contribution in [0, 0.1) is 5.82 Å². The minimum Gasteiger partial charge on any atom is -0.483 e. The molecule has 2 aromatic carbocycles. The zero-order valence-corrected chi connectivity index (χ0v) is 21.5. The van der Waals surface area contributed by atoms with Crippen molar-refractivity contribution < 1.29 is 18.7 Å². The maximum atomic E-state index is 13.5. The Balaban J connectivity index is 1.79. The van der Waals surface area contributed by atoms with Crippen molar-refractivity contribution in [3.63, 3.8) is 0 Å². The number of para-hydroxylation sites is 1. The van der Waals surface area contributed by atoms with E-state index in [0.717, 1.165) is 36.8 Å². The highest BCUT2D eigenvalue weighted by Gasteiger charge is 2.31. The Hall–Kier alpha value is -2.89. The lowest BCUT2D eigenvalue weighted by Crippen LogP contribution is -2.52. The van der Waals surface area contributed by atoms with Crippen LogP contribution in [0.3, 0.4) is 0 Å². The molecule has 1 atom stereocenters. The van der Waals surface area contributed by atoms with E-state index in [0.29, 0.717) is 12.2 Å². The van der Waals surface area contributed by atoms with Gasteiger partial charge in [-0.2, -0.15) is 0 Å². The predicted molar refractivity (Wildman–Crippen MR) is 137 cm³/mol. The molecule has 1 N–H and O–H groups in total. The number of benzene rings is 2. The van der Waals surface area contributed by atoms with Crippen LogP contribution in [-0.2, 0) is 21.5 Å². The number of nitrogens with zero attached hydrogens (tertiary/aromatic N) is 1. The number of hydrogen-bond acceptors (Lipinski definition) is 3. The van der Waals surface area contributed by atoms with Gasteiger partial charge >= 0.3 is 0 Å². The van der Waals surface area contributed by atoms with Crippen LogP contribution >= 0.6 is 0 Å². The third kappa shape index (κ3) is 7.55. The molecule has 0 aromatic heterocycles. The van der Waals surface area contributed by atoms with Gasteiger partial charge in [0.15, 0.2) is 6.61 Å². The first-order valence-electron chi connectivity index (χ1n) is 12.8. The van der Waals surface area contributed by atoms with Gasteiger partial charge in [0, 0.05) is 12.6 Å². The van der Waals surface area contributed by atoms with Crippen LogP contribution in [0.25, 0.3) is 0 Å². The van der Waals surface area contributed by atoms with Crippen LogP contribution in [0.15, 0.2) is 48.5 Å². The highest BCUT2D eigenvalue weighted by molar-refractivity contribution is 5.88. The molecule has 1 fully saturated rings. The Morgan fingerprint density at radius 2 is 1.71 bits per heavy atom. The van der Waals surface area contributed by atoms with E-state index in [-0.39, 0.29) is 42.2 Å². The summed E-state index contributed by atoms with van der Waals surface area (Å²) in [5.41, 5.74) is 1.64. The second kappa shape index (κ2) is 12.2. The highest BCUT2D eigenvalue weighted by atomic mass is 19.1. The number of rotatable bonds is 9. The Bertz CT molecular complexity index is 978. The topological polar surface area (TPSA) is 58.6 Å². The lowest BCUT2D eigenvalue weighted by molar-refractivity contribution is -0.143. The largest absolute Gasteiger partial charge is 0.483 e. The van der Waals surface area contributed by atoms with Gasteiger partial charge in [-0.3, -0.25) is 9.59 Å². The summed E-state index contributed by atoms with van der Waals surface area (Å²) in [5.74, 6) is -0.0840. The Morgan fingerprint density at radius 3 is 2.34 bits per heavy atom. The summed E-state index contributed by atoms with van der Waals surface area (Å²) in [6, 6.07) is 13.3. The van der Waals surface area contributed by atoms with Gasteiger partial charge in [-0.15, -0.1) is 0 Å². The fourth-order valence-corrected chi connectivity index (χ4v) is 4.68. The highest BCUT2D eigenvalue weighted by Crippen LogP contribution is 2.31. The molecule has 1 saturated carbocycles. The van der Waals surface area contributed by atoms with Gasteiger partial charge in [-0.05, 0) is 54.0 Å². The average Bonchev–Trinajstić information content (AvgIpc) is 2.84. The third-order valence-electron chi connectivity index (χ3n) is 6.65. The van der Waals surface area contributed by atoms with Crippen molar-refractivity contribution in [2.45, 2.75) is 90.3 Å². The number of amides is 2. The molecule has 0 saturated heterocycles. The zero-order valence-electron chi connectivity index (χ0n) is 21.5. The predicted octanol–water partition coefficient (Wildman–Crippen LogP) is 5.76. The van der Waals surface area contributed by atoms with E-state index >= 15 is 0 Å². The van der Waals surface area contributed by atoms with Crippen LogP contribution in [0.1, 0.15) is 77.3 Å². The molecule has 35 heavy (non-hydrogen) atoms. The summed E-state index contributed by atoms with van der Waals surface area (Å²) in [5, 5.41) is 3.17. The quantitative estimate of drug-likeness (QED) is 0.494. The molecule has 0 heterocycles. The molecule has 6 heteroatoms. The smallest absolute Gasteiger partial charge is 0.261 e. The first-order chi connectivity index (χ1) is 16.7. The Morgan fingerprint density at radius 1 is 1.06 bits per heavy atom. The zero-order chi connectivity index (χ0) is 25.4. The van der Waals surface area contributed by atoms with E-state index in [1.807, 2.05) is 31.2 Å². The van der Waals surface area contributed by atoms with Crippen LogP contribution in [-0.4, -0.2) is 35.4 Å². The summed E-state index contributed by atoms with van der Waals surface area (Å²) < 4.78 is 19.5. The summed E-state index contributed by atoms with van der Waals surface area (Å²) >= 11 is 0. The van der Waals surface area contributed by atoms with Crippen molar-refractivity contribution in [1.29, 1.82) is 0 Å². The van der Waals surface area contributed by atoms with E-state index in [1.165, 1.54) is 18.6 Å². The van der Waals surface area contributed by atoms with Gasteiger partial charge in [0.1, 0.15) is 17.6 Å². The fourth-order valence-electron chi connectivity index (χ4n) is 4.68. The van der Waals surface area contributed by atoms with Crippen LogP contribution < -0.4 is 10.1 Å². The normalized spacial score (nSPS) is 15.3. The van der Waals surface area contributed by atoms with E-state index in [9.17, 15) is 14.0 Å². The minimum absolute atomic E-state index is 0.134. The van der Waals surface area contributed by atoms with Crippen molar-refractivity contribution in [3.8, 4) is 5.75 Å². The molecule has 1 aliphatic rings. The second-order valence-electron chi connectivity index (χ2n) is 10.5. The van der Waals surface area contributed by atoms with Gasteiger partial charge in [-0.25, -0.2) is 4.39 Å². The first kappa shape index (κ1) is 26.7. The van der Waals surface area contributed by atoms with Crippen LogP contribution in [0.2, 0.25) is 0 Å². The number of hydrogen-bond donors (Lipinski definition) is 1. The van der Waals surface area contributed by atoms with E-state index in [1.54, 1.807) is 17.0 Å². The third-order valence-corrected chi connectivity index (χ3v) is 6.65. The number of halogens is 1. The van der Waals surface area contributed by atoms with Gasteiger partial charge in [0.2, 0.25) is 5.91 Å². The minimum atomic E-state index is -0.629. The molecular formula is C29H39FN2O3. The van der Waals surface area contributed by atoms with Crippen molar-refractivity contribution in [2.24, 2.45) is 0 Å². The SMILES string of the molecule is CC[C@H](C(=O)NC1CCCCC1)N(Cc1ccc(F)cc1)C(=O)COc1ccccc1C(C)(C)C. The van der Waals surface area contributed by atoms with Gasteiger partial charge in [0.25, 0.3) is 5.91 Å². The molecule has 0 bridgehead atoms. The summed E-state index contributed by atoms with van der Waals surface area (Å²) in [7, 11) is 0. The maximum absolute atomic E-state index is 13.5. The van der Waals surface area contributed by atoms with Crippen LogP contribution in [0.5, 0.6) is 5.75 Å². The number of ether oxygens (including phenoxy) is 1. The number of carbonyl (C=O) groups excluding carboxylic acids is 2. The molecule has 0 unspecified atom stereocenters. The van der Waals surface area contributed by atoms with Crippen molar-refractivity contribution in [1.82, 2.24) is 10.2 Å². The van der Waals surface area contributed by atoms with Crippen molar-refractivity contribution >= 4 is 11.8 Å². The lowest BCUT2D eigenvalue weighted by atomic mass is 9.86. The fraction of sp³-hybridized carbons (Fsp3) is 0.517. The van der Waals surface area contributed by atoms with Crippen LogP contribution in [0.4, 0.5) is 4.39 Å². The van der Waals surface area contributed by atoms with Crippen molar-refractivity contribution in [3.05, 3.63) is 65.5 Å². The molecule has 0 spiro atoms. The standard InChI is InChI=1S/C29H39FN2O3/c1-5-25(28(34)31-23-11-7-6-8-12-23)32(19-21-15-17-22(30)18-16-21)27(33)20-35-26-14-10-9-13-24(26)29(2,3)4/h9-10,13-18,23,25H,5-8,11-12,19-20H2,1-4H3,(H,31,34)/t25-/m1/s1. The molecule has 1 aliphatic carbocycles. The van der Waals surface area contributed by atoms with Gasteiger partial charge in [-0.1, -0.05) is 77.3 Å². The molecule has 2 aromatic rings. The lowest BCUT2D eigenvalue weighted by Gasteiger charge is -2.33. The molecule has 5 nitrogen and oxygen atoms in total. The second-order valence-corrected chi connectivity index (χ2v) is 10.5. The number of nitrogens with one attached hydrogen (secondary N) is 1. The summed E-state index contributed by atoms with van der Waals surface area (Å²) in [6.07, 6.45) is 5.85. The molecule has 2 amide bonds. The maximum Gasteiger partial charge on any atom is 0.261 e. The van der Waals surface area contributed by atoms with Gasteiger partial charge < -0.3 is 15.0 Å². The van der Waals surface area contributed by atoms with E-state index < -0.39 is 6.04 Å². The summed E-state index contributed by atoms with van der Waals surface area (Å²) in [4.78, 5) is 28.4. The first-order valence-corrected chi connectivity index (χ1v) is 12.8. The molecule has 0 radical (unpaired) electrons. The molecule has 190 valence electrons. The Labute approximate surface area is 209 Å². The molecule has 0 aliphatic heterocycles. The monoisotopic (exact) mass is 482 g/mol. The Kier molecular flexibility index (Phi) is 9.30. The van der Waals surface area contributed by atoms with Crippen molar-refractivity contribution in [2.75, 3.05) is 6.61 Å². The summed E-state index contributed by atoms with van der Waals surface area (Å²) in [6.45, 7) is 8.23.